The molecule has 38 heavy (non-hydrogen) atoms. The molecule has 0 aliphatic rings. The highest BCUT2D eigenvalue weighted by molar-refractivity contribution is 7.71. The summed E-state index contributed by atoms with van der Waals surface area (Å²) in [6.45, 7) is 5.68. The van der Waals surface area contributed by atoms with Crippen LogP contribution >= 0.6 is 7.14 Å². The molecule has 0 aliphatic heterocycles. The molecule has 0 atom stereocenters. The van der Waals surface area contributed by atoms with Gasteiger partial charge in [-0.3, -0.25) is 9.48 Å². The first kappa shape index (κ1) is 27.0. The van der Waals surface area contributed by atoms with Gasteiger partial charge in [0.2, 0.25) is 0 Å². The van der Waals surface area contributed by atoms with Gasteiger partial charge in [-0.25, -0.2) is 15.0 Å². The number of carbonyl (C=O) groups is 1. The molecule has 0 saturated heterocycles. The van der Waals surface area contributed by atoms with Gasteiger partial charge in [-0.2, -0.15) is 5.10 Å². The zero-order chi connectivity index (χ0) is 27.3. The summed E-state index contributed by atoms with van der Waals surface area (Å²) in [6, 6.07) is 11.0. The number of pyridine rings is 2. The van der Waals surface area contributed by atoms with Crippen molar-refractivity contribution in [3.8, 4) is 17.1 Å². The van der Waals surface area contributed by atoms with E-state index < -0.39 is 7.14 Å². The topological polar surface area (TPSA) is 124 Å². The van der Waals surface area contributed by atoms with Gasteiger partial charge in [0, 0.05) is 49.6 Å². The average molecular weight is 534 g/mol. The van der Waals surface area contributed by atoms with E-state index in [9.17, 15) is 9.36 Å². The number of Topliss-reactive ketones (excluding diaryl/α,β-unsaturated/α-hetero) is 1. The summed E-state index contributed by atoms with van der Waals surface area (Å²) in [5.41, 5.74) is 2.39. The smallest absolute Gasteiger partial charge is 0.184 e. The molecular weight excluding hydrogens is 501 g/mol. The number of benzene rings is 1. The molecule has 0 radical (unpaired) electrons. The third kappa shape index (κ3) is 5.60. The van der Waals surface area contributed by atoms with Gasteiger partial charge in [0.25, 0.3) is 0 Å². The van der Waals surface area contributed by atoms with Crippen molar-refractivity contribution in [1.29, 1.82) is 0 Å². The highest BCUT2D eigenvalue weighted by Gasteiger charge is 2.21. The van der Waals surface area contributed by atoms with Gasteiger partial charge in [-0.1, -0.05) is 26.8 Å². The summed E-state index contributed by atoms with van der Waals surface area (Å²) in [5.74, 6) is 2.08. The Morgan fingerprint density at radius 1 is 0.974 bits per heavy atom. The van der Waals surface area contributed by atoms with Gasteiger partial charge in [-0.15, -0.1) is 0 Å². The fraction of sp³-hybridized carbons (Fsp3) is 0.296. The van der Waals surface area contributed by atoms with E-state index in [1.807, 2.05) is 45.0 Å². The zero-order valence-electron chi connectivity index (χ0n) is 22.2. The number of hydrogen-bond donors (Lipinski definition) is 2. The minimum absolute atomic E-state index is 0.0505. The zero-order valence-corrected chi connectivity index (χ0v) is 23.1. The van der Waals surface area contributed by atoms with Crippen LogP contribution in [-0.4, -0.2) is 49.9 Å². The second-order valence-corrected chi connectivity index (χ2v) is 12.3. The van der Waals surface area contributed by atoms with Crippen LogP contribution in [0, 0.1) is 0 Å². The molecule has 3 aromatic heterocycles. The molecule has 0 bridgehead atoms. The number of aryl methyl sites for hydroxylation is 1. The standard InChI is InChI=1S/C27H32N7O3P/c1-6-23(35)20-16-29-25(32-24-13-12-18(15-28-24)38(36,7-2)8-3)14-22(20)31-21-11-9-10-19(26(21)37-5)27-30-17-34(4)33-27/h9-17H,6-8H2,1-5H3,(H2,28,29,31,32). The van der Waals surface area contributed by atoms with Crippen LogP contribution in [0.1, 0.15) is 37.6 Å². The Morgan fingerprint density at radius 2 is 1.74 bits per heavy atom. The van der Waals surface area contributed by atoms with E-state index in [4.69, 9.17) is 4.74 Å². The summed E-state index contributed by atoms with van der Waals surface area (Å²) in [4.78, 5) is 26.0. The van der Waals surface area contributed by atoms with Crippen molar-refractivity contribution in [1.82, 2.24) is 24.7 Å². The molecule has 2 N–H and O–H groups in total. The maximum absolute atomic E-state index is 13.0. The van der Waals surface area contributed by atoms with E-state index in [0.717, 1.165) is 10.9 Å². The summed E-state index contributed by atoms with van der Waals surface area (Å²) in [6.07, 6.45) is 6.36. The van der Waals surface area contributed by atoms with E-state index in [0.29, 0.717) is 58.9 Å². The fourth-order valence-electron chi connectivity index (χ4n) is 4.10. The van der Waals surface area contributed by atoms with Crippen LogP contribution in [0.5, 0.6) is 5.75 Å². The van der Waals surface area contributed by atoms with Gasteiger partial charge in [0.15, 0.2) is 17.4 Å². The number of carbonyl (C=O) groups excluding carboxylic acids is 1. The Morgan fingerprint density at radius 3 is 2.34 bits per heavy atom. The Hall–Kier alpha value is -4.04. The highest BCUT2D eigenvalue weighted by atomic mass is 31.2. The lowest BCUT2D eigenvalue weighted by atomic mass is 10.1. The number of ketones is 1. The Labute approximate surface area is 222 Å². The molecule has 11 heteroatoms. The molecule has 198 valence electrons. The number of nitrogens with one attached hydrogen (secondary N) is 2. The molecule has 0 amide bonds. The van der Waals surface area contributed by atoms with Crippen molar-refractivity contribution in [2.24, 2.45) is 7.05 Å². The lowest BCUT2D eigenvalue weighted by Crippen LogP contribution is -2.10. The third-order valence-corrected chi connectivity index (χ3v) is 9.60. The number of nitrogens with zero attached hydrogens (tertiary/aromatic N) is 5. The normalized spacial score (nSPS) is 11.3. The van der Waals surface area contributed by atoms with Crippen molar-refractivity contribution >= 4 is 41.2 Å². The average Bonchev–Trinajstić information content (AvgIpc) is 3.38. The first-order valence-electron chi connectivity index (χ1n) is 12.5. The first-order valence-corrected chi connectivity index (χ1v) is 14.5. The predicted octanol–water partition coefficient (Wildman–Crippen LogP) is 5.39. The number of methoxy groups -OCH3 is 1. The SMILES string of the molecule is CCC(=O)c1cnc(Nc2ccc(P(=O)(CC)CC)cn2)cc1Nc1cccc(-c2ncn(C)n2)c1OC. The predicted molar refractivity (Wildman–Crippen MR) is 151 cm³/mol. The second kappa shape index (κ2) is 11.6. The Balaban J connectivity index is 1.67. The molecule has 4 rings (SSSR count). The van der Waals surface area contributed by atoms with Gasteiger partial charge in [-0.05, 0) is 24.3 Å². The van der Waals surface area contributed by atoms with Gasteiger partial charge < -0.3 is 19.9 Å². The summed E-state index contributed by atoms with van der Waals surface area (Å²) in [7, 11) is 0.966. The fourth-order valence-corrected chi connectivity index (χ4v) is 5.89. The molecule has 10 nitrogen and oxygen atoms in total. The van der Waals surface area contributed by atoms with Crippen LogP contribution in [0.15, 0.2) is 55.1 Å². The number of para-hydroxylation sites is 1. The molecule has 0 unspecified atom stereocenters. The van der Waals surface area contributed by atoms with Crippen molar-refractivity contribution in [3.63, 3.8) is 0 Å². The van der Waals surface area contributed by atoms with Crippen molar-refractivity contribution in [2.75, 3.05) is 30.1 Å². The quantitative estimate of drug-likeness (QED) is 0.193. The molecule has 3 heterocycles. The molecule has 0 spiro atoms. The first-order chi connectivity index (χ1) is 18.3. The van der Waals surface area contributed by atoms with E-state index in [2.05, 4.69) is 30.7 Å². The molecule has 0 fully saturated rings. The minimum Gasteiger partial charge on any atom is -0.494 e. The maximum Gasteiger partial charge on any atom is 0.184 e. The Kier molecular flexibility index (Phi) is 8.22. The van der Waals surface area contributed by atoms with Crippen LogP contribution in [0.2, 0.25) is 0 Å². The van der Waals surface area contributed by atoms with Crippen LogP contribution in [0.4, 0.5) is 23.0 Å². The molecule has 0 saturated carbocycles. The highest BCUT2D eigenvalue weighted by Crippen LogP contribution is 2.43. The van der Waals surface area contributed by atoms with E-state index in [-0.39, 0.29) is 5.78 Å². The van der Waals surface area contributed by atoms with Crippen molar-refractivity contribution < 1.29 is 14.1 Å². The molecule has 1 aromatic carbocycles. The largest absolute Gasteiger partial charge is 0.494 e. The third-order valence-electron chi connectivity index (χ3n) is 6.35. The maximum atomic E-state index is 13.0. The number of anilines is 4. The van der Waals surface area contributed by atoms with E-state index in [1.165, 1.54) is 0 Å². The lowest BCUT2D eigenvalue weighted by Gasteiger charge is -2.17. The number of aromatic nitrogens is 5. The monoisotopic (exact) mass is 533 g/mol. The minimum atomic E-state index is -2.41. The number of hydrogen-bond acceptors (Lipinski definition) is 9. The summed E-state index contributed by atoms with van der Waals surface area (Å²) in [5, 5.41) is 11.7. The van der Waals surface area contributed by atoms with Gasteiger partial charge in [0.05, 0.1) is 29.6 Å². The van der Waals surface area contributed by atoms with E-state index in [1.54, 1.807) is 49.7 Å². The van der Waals surface area contributed by atoms with Crippen LogP contribution < -0.4 is 20.7 Å². The van der Waals surface area contributed by atoms with Crippen molar-refractivity contribution in [2.45, 2.75) is 27.2 Å². The second-order valence-electron chi connectivity index (χ2n) is 8.69. The Bertz CT molecular complexity index is 1480. The van der Waals surface area contributed by atoms with Crippen LogP contribution in [-0.2, 0) is 11.6 Å². The molecule has 0 aliphatic carbocycles. The number of ether oxygens (including phenoxy) is 1. The summed E-state index contributed by atoms with van der Waals surface area (Å²) >= 11 is 0. The lowest BCUT2D eigenvalue weighted by molar-refractivity contribution is 0.0988. The molecular formula is C27H32N7O3P. The molecule has 4 aromatic rings. The van der Waals surface area contributed by atoms with E-state index >= 15 is 0 Å². The summed E-state index contributed by atoms with van der Waals surface area (Å²) < 4.78 is 20.3. The van der Waals surface area contributed by atoms with Gasteiger partial charge in [0.1, 0.15) is 25.1 Å². The van der Waals surface area contributed by atoms with Gasteiger partial charge >= 0.3 is 0 Å². The van der Waals surface area contributed by atoms with Crippen molar-refractivity contribution in [3.05, 3.63) is 60.7 Å². The number of rotatable bonds is 11. The van der Waals surface area contributed by atoms with Crippen LogP contribution in [0.3, 0.4) is 0 Å². The van der Waals surface area contributed by atoms with Crippen LogP contribution in [0.25, 0.3) is 11.4 Å².